The van der Waals surface area contributed by atoms with Gasteiger partial charge >= 0.3 is 0 Å². The van der Waals surface area contributed by atoms with Crippen LogP contribution in [0.4, 0.5) is 0 Å². The Kier molecular flexibility index (Phi) is 4.16. The summed E-state index contributed by atoms with van der Waals surface area (Å²) < 4.78 is 0. The normalized spacial score (nSPS) is 9.06. The van der Waals surface area contributed by atoms with Crippen molar-refractivity contribution in [3.05, 3.63) is 84.4 Å². The average Bonchev–Trinajstić information content (AvgIpc) is 2.49. The van der Waals surface area contributed by atoms with Crippen molar-refractivity contribution in [1.29, 1.82) is 0 Å². The summed E-state index contributed by atoms with van der Waals surface area (Å²) in [5.74, 6) is 2.67. The molecule has 18 heavy (non-hydrogen) atoms. The lowest BCUT2D eigenvalue weighted by atomic mass is 10.1. The van der Waals surface area contributed by atoms with Crippen LogP contribution < -0.4 is 0 Å². The highest BCUT2D eigenvalue weighted by atomic mass is 14.0. The van der Waals surface area contributed by atoms with Crippen LogP contribution in [0.25, 0.3) is 10.8 Å². The number of hydrogen-bond acceptors (Lipinski definition) is 0. The first kappa shape index (κ1) is 12.0. The van der Waals surface area contributed by atoms with Crippen LogP contribution in [0.15, 0.2) is 78.9 Å². The molecule has 0 spiro atoms. The lowest BCUT2D eigenvalue weighted by molar-refractivity contribution is 1.71. The van der Waals surface area contributed by atoms with Crippen LogP contribution in [0.3, 0.4) is 0 Å². The maximum absolute atomic E-state index is 5.37. The number of benzene rings is 3. The second-order valence-corrected chi connectivity index (χ2v) is 3.83. The molecule has 0 heteroatoms. The topological polar surface area (TPSA) is 0 Å². The summed E-state index contributed by atoms with van der Waals surface area (Å²) in [6.45, 7) is 0. The van der Waals surface area contributed by atoms with E-state index in [1.165, 1.54) is 5.39 Å². The van der Waals surface area contributed by atoms with Gasteiger partial charge in [-0.05, 0) is 16.8 Å². The van der Waals surface area contributed by atoms with Gasteiger partial charge in [0.15, 0.2) is 0 Å². The summed E-state index contributed by atoms with van der Waals surface area (Å²) in [6.07, 6.45) is 5.37. The van der Waals surface area contributed by atoms with Crippen molar-refractivity contribution in [2.24, 2.45) is 0 Å². The molecule has 0 aliphatic rings. The third-order valence-corrected chi connectivity index (χ3v) is 2.61. The van der Waals surface area contributed by atoms with Crippen LogP contribution in [0.5, 0.6) is 0 Å². The molecule has 3 aromatic carbocycles. The van der Waals surface area contributed by atoms with Gasteiger partial charge in [-0.3, -0.25) is 0 Å². The number of fused-ring (bicyclic) bond motifs is 1. The van der Waals surface area contributed by atoms with Crippen molar-refractivity contribution in [1.82, 2.24) is 0 Å². The van der Waals surface area contributed by atoms with Crippen LogP contribution in [0, 0.1) is 12.3 Å². The smallest absolute Gasteiger partial charge is 0.0321 e. The Hall–Kier alpha value is -2.52. The molecule has 0 fully saturated rings. The van der Waals surface area contributed by atoms with Gasteiger partial charge in [-0.25, -0.2) is 0 Å². The van der Waals surface area contributed by atoms with Gasteiger partial charge in [-0.2, -0.15) is 0 Å². The Morgan fingerprint density at radius 1 is 0.611 bits per heavy atom. The van der Waals surface area contributed by atoms with E-state index in [9.17, 15) is 0 Å². The van der Waals surface area contributed by atoms with Crippen LogP contribution >= 0.6 is 0 Å². The third-order valence-electron chi connectivity index (χ3n) is 2.61. The molecule has 0 aliphatic carbocycles. The van der Waals surface area contributed by atoms with Crippen LogP contribution in [-0.2, 0) is 0 Å². The predicted octanol–water partition coefficient (Wildman–Crippen LogP) is 4.51. The van der Waals surface area contributed by atoms with Gasteiger partial charge in [0.05, 0.1) is 0 Å². The minimum absolute atomic E-state index is 0.966. The quantitative estimate of drug-likeness (QED) is 0.498. The van der Waals surface area contributed by atoms with Crippen LogP contribution in [-0.4, -0.2) is 0 Å². The number of rotatable bonds is 0. The van der Waals surface area contributed by atoms with E-state index in [1.807, 2.05) is 66.7 Å². The largest absolute Gasteiger partial charge is 0.115 e. The summed E-state index contributed by atoms with van der Waals surface area (Å²) in [6, 6.07) is 26.1. The molecule has 0 amide bonds. The van der Waals surface area contributed by atoms with Gasteiger partial charge in [0, 0.05) is 5.56 Å². The van der Waals surface area contributed by atoms with E-state index in [4.69, 9.17) is 6.42 Å². The molecule has 0 heterocycles. The molecular formula is C18H14. The molecule has 3 rings (SSSR count). The fourth-order valence-corrected chi connectivity index (χ4v) is 1.74. The molecular weight excluding hydrogens is 216 g/mol. The number of terminal acetylenes is 1. The summed E-state index contributed by atoms with van der Waals surface area (Å²) in [5.41, 5.74) is 0.966. The third kappa shape index (κ3) is 2.99. The van der Waals surface area contributed by atoms with Gasteiger partial charge in [-0.1, -0.05) is 78.7 Å². The van der Waals surface area contributed by atoms with Crippen molar-refractivity contribution in [2.75, 3.05) is 0 Å². The van der Waals surface area contributed by atoms with E-state index in [0.717, 1.165) is 10.9 Å². The fraction of sp³-hybridized carbons (Fsp3) is 0. The minimum atomic E-state index is 0.966. The molecule has 0 atom stereocenters. The first-order chi connectivity index (χ1) is 8.92. The zero-order valence-electron chi connectivity index (χ0n) is 10.1. The molecule has 0 saturated heterocycles. The minimum Gasteiger partial charge on any atom is -0.115 e. The van der Waals surface area contributed by atoms with Crippen LogP contribution in [0.2, 0.25) is 0 Å². The van der Waals surface area contributed by atoms with Gasteiger partial charge < -0.3 is 0 Å². The van der Waals surface area contributed by atoms with E-state index in [-0.39, 0.29) is 0 Å². The Morgan fingerprint density at radius 3 is 1.78 bits per heavy atom. The maximum atomic E-state index is 5.37. The van der Waals surface area contributed by atoms with Gasteiger partial charge in [0.25, 0.3) is 0 Å². The lowest BCUT2D eigenvalue weighted by Gasteiger charge is -1.98. The number of hydrogen-bond donors (Lipinski definition) is 0. The highest BCUT2D eigenvalue weighted by Crippen LogP contribution is 2.16. The average molecular weight is 230 g/mol. The van der Waals surface area contributed by atoms with Crippen molar-refractivity contribution in [3.63, 3.8) is 0 Å². The van der Waals surface area contributed by atoms with Gasteiger partial charge in [0.1, 0.15) is 0 Å². The monoisotopic (exact) mass is 230 g/mol. The zero-order chi connectivity index (χ0) is 12.6. The van der Waals surface area contributed by atoms with E-state index in [1.54, 1.807) is 0 Å². The molecule has 0 aliphatic heterocycles. The SMILES string of the molecule is C#Cc1cccc2ccccc12.c1ccccc1. The van der Waals surface area contributed by atoms with Crippen molar-refractivity contribution in [2.45, 2.75) is 0 Å². The Labute approximate surface area is 108 Å². The zero-order valence-corrected chi connectivity index (χ0v) is 10.1. The van der Waals surface area contributed by atoms with E-state index in [2.05, 4.69) is 18.1 Å². The highest BCUT2D eigenvalue weighted by molar-refractivity contribution is 5.87. The molecule has 0 unspecified atom stereocenters. The molecule has 86 valence electrons. The molecule has 0 aromatic heterocycles. The fourth-order valence-electron chi connectivity index (χ4n) is 1.74. The van der Waals surface area contributed by atoms with Gasteiger partial charge in [0.2, 0.25) is 0 Å². The second-order valence-electron chi connectivity index (χ2n) is 3.83. The summed E-state index contributed by atoms with van der Waals surface area (Å²) in [4.78, 5) is 0. The molecule has 0 radical (unpaired) electrons. The predicted molar refractivity (Wildman–Crippen MR) is 78.3 cm³/mol. The first-order valence-corrected chi connectivity index (χ1v) is 5.86. The Balaban J connectivity index is 0.000000169. The standard InChI is InChI=1S/C12H8.C6H6/c1-2-10-7-5-8-11-6-3-4-9-12(10)11;1-2-4-6-5-3-1/h1,3-9H;1-6H. The molecule has 0 bridgehead atoms. The molecule has 0 nitrogen and oxygen atoms in total. The highest BCUT2D eigenvalue weighted by Gasteiger charge is 1.94. The van der Waals surface area contributed by atoms with Gasteiger partial charge in [-0.15, -0.1) is 6.42 Å². The first-order valence-electron chi connectivity index (χ1n) is 5.86. The van der Waals surface area contributed by atoms with E-state index in [0.29, 0.717) is 0 Å². The lowest BCUT2D eigenvalue weighted by Crippen LogP contribution is -1.77. The Bertz CT molecular complexity index is 613. The molecule has 0 N–H and O–H groups in total. The van der Waals surface area contributed by atoms with Crippen molar-refractivity contribution in [3.8, 4) is 12.3 Å². The molecule has 0 saturated carbocycles. The summed E-state index contributed by atoms with van der Waals surface area (Å²) >= 11 is 0. The molecule has 3 aromatic rings. The van der Waals surface area contributed by atoms with Crippen LogP contribution in [0.1, 0.15) is 5.56 Å². The summed E-state index contributed by atoms with van der Waals surface area (Å²) in [7, 11) is 0. The second kappa shape index (κ2) is 6.27. The van der Waals surface area contributed by atoms with Crippen molar-refractivity contribution >= 4 is 10.8 Å². The van der Waals surface area contributed by atoms with E-state index < -0.39 is 0 Å². The van der Waals surface area contributed by atoms with Crippen molar-refractivity contribution < 1.29 is 0 Å². The maximum Gasteiger partial charge on any atom is 0.0321 e. The van der Waals surface area contributed by atoms with E-state index >= 15 is 0 Å². The summed E-state index contributed by atoms with van der Waals surface area (Å²) in [5, 5.41) is 2.36. The Morgan fingerprint density at radius 2 is 1.17 bits per heavy atom.